The SMILES string of the molecule is c1ccc(-c2cccc3c2c2cccc4c2n3-c2cccc3c2B4c2ccccc2C3(c2ccccc2)c2ccccc2)cc1. The lowest BCUT2D eigenvalue weighted by Crippen LogP contribution is -2.64. The smallest absolute Gasteiger partial charge is 0.247 e. The summed E-state index contributed by atoms with van der Waals surface area (Å²) in [5.41, 5.74) is 15.4. The molecule has 1 aromatic heterocycles. The monoisotopic (exact) mass is 569 g/mol. The number of aromatic nitrogens is 1. The Morgan fingerprint density at radius 3 is 1.82 bits per heavy atom. The van der Waals surface area contributed by atoms with Gasteiger partial charge in [0, 0.05) is 22.0 Å². The van der Waals surface area contributed by atoms with Gasteiger partial charge in [-0.05, 0) is 56.4 Å². The molecule has 2 aliphatic rings. The minimum atomic E-state index is -0.454. The highest BCUT2D eigenvalue weighted by molar-refractivity contribution is 6.99. The molecule has 0 spiro atoms. The molecule has 208 valence electrons. The van der Waals surface area contributed by atoms with Gasteiger partial charge in [0.2, 0.25) is 6.71 Å². The van der Waals surface area contributed by atoms with Gasteiger partial charge in [0.05, 0.1) is 10.9 Å². The van der Waals surface area contributed by atoms with Gasteiger partial charge in [0.1, 0.15) is 0 Å². The van der Waals surface area contributed by atoms with Gasteiger partial charge >= 0.3 is 0 Å². The predicted molar refractivity (Wildman–Crippen MR) is 189 cm³/mol. The number of rotatable bonds is 3. The van der Waals surface area contributed by atoms with Gasteiger partial charge in [-0.25, -0.2) is 0 Å². The van der Waals surface area contributed by atoms with E-state index in [4.69, 9.17) is 0 Å². The van der Waals surface area contributed by atoms with Crippen LogP contribution in [-0.4, -0.2) is 11.3 Å². The maximum Gasteiger partial charge on any atom is 0.247 e. The molecule has 0 N–H and O–H groups in total. The predicted octanol–water partition coefficient (Wildman–Crippen LogP) is 7.98. The Balaban J connectivity index is 1.41. The summed E-state index contributed by atoms with van der Waals surface area (Å²) in [6.45, 7) is 0.133. The van der Waals surface area contributed by atoms with E-state index in [-0.39, 0.29) is 6.71 Å². The third-order valence-electron chi connectivity index (χ3n) is 10.3. The van der Waals surface area contributed by atoms with Crippen LogP contribution < -0.4 is 16.4 Å². The zero-order chi connectivity index (χ0) is 29.5. The van der Waals surface area contributed by atoms with Crippen molar-refractivity contribution in [3.63, 3.8) is 0 Å². The summed E-state index contributed by atoms with van der Waals surface area (Å²) >= 11 is 0. The first-order chi connectivity index (χ1) is 22.4. The molecule has 0 bridgehead atoms. The molecule has 3 heterocycles. The maximum absolute atomic E-state index is 2.57. The maximum atomic E-state index is 2.57. The average molecular weight is 570 g/mol. The van der Waals surface area contributed by atoms with E-state index in [1.54, 1.807) is 0 Å². The fourth-order valence-corrected chi connectivity index (χ4v) is 8.74. The van der Waals surface area contributed by atoms with Crippen molar-refractivity contribution < 1.29 is 0 Å². The second kappa shape index (κ2) is 9.20. The highest BCUT2D eigenvalue weighted by Crippen LogP contribution is 2.48. The lowest BCUT2D eigenvalue weighted by molar-refractivity contribution is 0.750. The zero-order valence-corrected chi connectivity index (χ0v) is 24.7. The van der Waals surface area contributed by atoms with E-state index in [0.29, 0.717) is 0 Å². The summed E-state index contributed by atoms with van der Waals surface area (Å²) in [7, 11) is 0. The Hall–Kier alpha value is -5.60. The van der Waals surface area contributed by atoms with Gasteiger partial charge in [0.25, 0.3) is 0 Å². The lowest BCUT2D eigenvalue weighted by atomic mass is 9.29. The highest BCUT2D eigenvalue weighted by Gasteiger charge is 2.50. The Kier molecular flexibility index (Phi) is 5.07. The van der Waals surface area contributed by atoms with Crippen molar-refractivity contribution in [3.05, 3.63) is 192 Å². The van der Waals surface area contributed by atoms with E-state index < -0.39 is 5.41 Å². The molecular weight excluding hydrogens is 541 g/mol. The topological polar surface area (TPSA) is 4.93 Å². The normalized spacial score (nSPS) is 13.9. The molecule has 2 aliphatic heterocycles. The lowest BCUT2D eigenvalue weighted by Gasteiger charge is -2.46. The Morgan fingerprint density at radius 1 is 0.467 bits per heavy atom. The number of hydrogen-bond donors (Lipinski definition) is 0. The molecule has 0 saturated heterocycles. The zero-order valence-electron chi connectivity index (χ0n) is 24.7. The van der Waals surface area contributed by atoms with Crippen molar-refractivity contribution in [3.8, 4) is 16.8 Å². The van der Waals surface area contributed by atoms with Crippen LogP contribution in [0.4, 0.5) is 0 Å². The minimum Gasteiger partial charge on any atom is -0.310 e. The van der Waals surface area contributed by atoms with E-state index in [9.17, 15) is 0 Å². The van der Waals surface area contributed by atoms with Crippen molar-refractivity contribution in [1.82, 2.24) is 4.57 Å². The standard InChI is InChI=1S/C43H28BN/c1-4-15-29(16-5-1)32-21-13-27-38-40(32)33-22-12-26-37-42(33)45(38)39-28-14-24-35-41(39)44(37)36-25-11-10-23-34(36)43(35,30-17-6-2-7-18-30)31-19-8-3-9-20-31/h1-28H. The van der Waals surface area contributed by atoms with E-state index in [0.717, 1.165) is 0 Å². The van der Waals surface area contributed by atoms with Crippen molar-refractivity contribution in [2.45, 2.75) is 5.41 Å². The fraction of sp³-hybridized carbons (Fsp3) is 0.0233. The summed E-state index contributed by atoms with van der Waals surface area (Å²) < 4.78 is 2.57. The first-order valence-corrected chi connectivity index (χ1v) is 15.8. The number of fused-ring (bicyclic) bond motifs is 7. The first-order valence-electron chi connectivity index (χ1n) is 15.8. The van der Waals surface area contributed by atoms with Gasteiger partial charge in [0.15, 0.2) is 0 Å². The molecule has 45 heavy (non-hydrogen) atoms. The molecular formula is C43H28BN. The van der Waals surface area contributed by atoms with Crippen molar-refractivity contribution in [2.24, 2.45) is 0 Å². The van der Waals surface area contributed by atoms with Gasteiger partial charge in [-0.1, -0.05) is 163 Å². The van der Waals surface area contributed by atoms with Crippen LogP contribution >= 0.6 is 0 Å². The fourth-order valence-electron chi connectivity index (χ4n) is 8.74. The molecule has 1 nitrogen and oxygen atoms in total. The van der Waals surface area contributed by atoms with Crippen LogP contribution in [0.25, 0.3) is 38.6 Å². The van der Waals surface area contributed by atoms with Crippen LogP contribution in [0.5, 0.6) is 0 Å². The Labute approximate surface area is 263 Å². The van der Waals surface area contributed by atoms with E-state index >= 15 is 0 Å². The largest absolute Gasteiger partial charge is 0.310 e. The van der Waals surface area contributed by atoms with Gasteiger partial charge in [-0.2, -0.15) is 0 Å². The number of para-hydroxylation sites is 1. The third kappa shape index (κ3) is 3.14. The molecule has 0 saturated carbocycles. The summed E-state index contributed by atoms with van der Waals surface area (Å²) in [6.07, 6.45) is 0. The average Bonchev–Trinajstić information content (AvgIpc) is 3.47. The second-order valence-corrected chi connectivity index (χ2v) is 12.4. The molecule has 0 amide bonds. The summed E-state index contributed by atoms with van der Waals surface area (Å²) in [5.74, 6) is 0. The number of nitrogens with zero attached hydrogens (tertiary/aromatic N) is 1. The highest BCUT2D eigenvalue weighted by atomic mass is 15.0. The van der Waals surface area contributed by atoms with Crippen LogP contribution in [0.15, 0.2) is 170 Å². The van der Waals surface area contributed by atoms with E-state index in [1.807, 2.05) is 0 Å². The van der Waals surface area contributed by atoms with Gasteiger partial charge in [-0.3, -0.25) is 0 Å². The van der Waals surface area contributed by atoms with Crippen LogP contribution in [0.2, 0.25) is 0 Å². The van der Waals surface area contributed by atoms with Crippen LogP contribution in [-0.2, 0) is 5.41 Å². The summed E-state index contributed by atoms with van der Waals surface area (Å²) in [6, 6.07) is 63.1. The molecule has 10 rings (SSSR count). The number of hydrogen-bond acceptors (Lipinski definition) is 0. The van der Waals surface area contributed by atoms with Crippen molar-refractivity contribution >= 4 is 44.9 Å². The third-order valence-corrected chi connectivity index (χ3v) is 10.3. The van der Waals surface area contributed by atoms with E-state index in [2.05, 4.69) is 174 Å². The van der Waals surface area contributed by atoms with Crippen LogP contribution in [0.3, 0.4) is 0 Å². The molecule has 0 fully saturated rings. The van der Waals surface area contributed by atoms with Crippen molar-refractivity contribution in [2.75, 3.05) is 0 Å². The molecule has 2 heteroatoms. The molecule has 0 atom stereocenters. The van der Waals surface area contributed by atoms with Crippen molar-refractivity contribution in [1.29, 1.82) is 0 Å². The molecule has 0 aliphatic carbocycles. The van der Waals surface area contributed by atoms with Gasteiger partial charge in [-0.15, -0.1) is 0 Å². The van der Waals surface area contributed by atoms with Crippen LogP contribution in [0, 0.1) is 0 Å². The second-order valence-electron chi connectivity index (χ2n) is 12.4. The van der Waals surface area contributed by atoms with E-state index in [1.165, 1.54) is 77.3 Å². The Bertz CT molecular complexity index is 2380. The van der Waals surface area contributed by atoms with Gasteiger partial charge < -0.3 is 4.57 Å². The first kappa shape index (κ1) is 24.8. The molecule has 8 aromatic rings. The minimum absolute atomic E-state index is 0.133. The summed E-state index contributed by atoms with van der Waals surface area (Å²) in [5, 5.41) is 2.64. The quantitative estimate of drug-likeness (QED) is 0.190. The van der Waals surface area contributed by atoms with Crippen LogP contribution in [0.1, 0.15) is 22.3 Å². The Morgan fingerprint density at radius 2 is 1.07 bits per heavy atom. The number of benzene rings is 7. The molecule has 7 aromatic carbocycles. The summed E-state index contributed by atoms with van der Waals surface area (Å²) in [4.78, 5) is 0. The molecule has 0 unspecified atom stereocenters. The molecule has 0 radical (unpaired) electrons.